The Morgan fingerprint density at radius 1 is 1.20 bits per heavy atom. The molecule has 0 spiro atoms. The molecule has 0 fully saturated rings. The van der Waals surface area contributed by atoms with Gasteiger partial charge in [0.15, 0.2) is 0 Å². The maximum absolute atomic E-state index is 12.8. The van der Waals surface area contributed by atoms with Crippen LogP contribution in [0.25, 0.3) is 0 Å². The molecule has 30 heavy (non-hydrogen) atoms. The highest BCUT2D eigenvalue weighted by Gasteiger charge is 2.17. The largest absolute Gasteiger partial charge is 0.318 e. The van der Waals surface area contributed by atoms with Gasteiger partial charge in [-0.1, -0.05) is 39.7 Å². The summed E-state index contributed by atoms with van der Waals surface area (Å²) in [5, 5.41) is 14.4. The molecule has 1 N–H and O–H groups in total. The van der Waals surface area contributed by atoms with Crippen molar-refractivity contribution >= 4 is 50.5 Å². The second-order valence-electron chi connectivity index (χ2n) is 6.96. The molecule has 3 aromatic heterocycles. The van der Waals surface area contributed by atoms with Crippen molar-refractivity contribution < 1.29 is 4.79 Å². The molecule has 0 aliphatic heterocycles. The molecule has 0 atom stereocenters. The highest BCUT2D eigenvalue weighted by atomic mass is 79.9. The molecule has 0 bridgehead atoms. The molecule has 0 unspecified atom stereocenters. The van der Waals surface area contributed by atoms with E-state index in [1.165, 1.54) is 11.3 Å². The predicted molar refractivity (Wildman–Crippen MR) is 124 cm³/mol. The Balaban J connectivity index is 1.47. The van der Waals surface area contributed by atoms with Gasteiger partial charge in [0, 0.05) is 10.7 Å². The monoisotopic (exact) mass is 503 g/mol. The molecule has 0 saturated heterocycles. The van der Waals surface area contributed by atoms with Gasteiger partial charge >= 0.3 is 0 Å². The number of halogens is 2. The molecule has 1 aromatic carbocycles. The van der Waals surface area contributed by atoms with Crippen LogP contribution in [0.4, 0.5) is 5.69 Å². The van der Waals surface area contributed by atoms with E-state index in [-0.39, 0.29) is 5.91 Å². The molecular formula is C21H19BrClN5OS. The summed E-state index contributed by atoms with van der Waals surface area (Å²) in [4.78, 5) is 13.4. The number of carbonyl (C=O) groups is 1. The van der Waals surface area contributed by atoms with Crippen LogP contribution in [-0.4, -0.2) is 25.5 Å². The third-order valence-corrected chi connectivity index (χ3v) is 6.39. The third-order valence-electron chi connectivity index (χ3n) is 4.69. The summed E-state index contributed by atoms with van der Waals surface area (Å²) in [6.45, 7) is 5.09. The highest BCUT2D eigenvalue weighted by molar-refractivity contribution is 9.10. The fourth-order valence-corrected chi connectivity index (χ4v) is 4.38. The van der Waals surface area contributed by atoms with E-state index in [2.05, 4.69) is 43.6 Å². The summed E-state index contributed by atoms with van der Waals surface area (Å²) < 4.78 is 4.70. The van der Waals surface area contributed by atoms with Crippen molar-refractivity contribution in [2.75, 3.05) is 5.32 Å². The molecule has 0 radical (unpaired) electrons. The lowest BCUT2D eigenvalue weighted by Gasteiger charge is -2.07. The van der Waals surface area contributed by atoms with Crippen LogP contribution < -0.4 is 5.32 Å². The first kappa shape index (κ1) is 20.8. The minimum absolute atomic E-state index is 0.140. The zero-order chi connectivity index (χ0) is 21.3. The minimum atomic E-state index is -0.140. The van der Waals surface area contributed by atoms with E-state index < -0.39 is 0 Å². The van der Waals surface area contributed by atoms with Crippen molar-refractivity contribution in [2.45, 2.75) is 26.9 Å². The zero-order valence-corrected chi connectivity index (χ0v) is 19.6. The topological polar surface area (TPSA) is 64.7 Å². The van der Waals surface area contributed by atoms with Crippen LogP contribution in [0.5, 0.6) is 0 Å². The maximum Gasteiger partial charge on any atom is 0.265 e. The molecule has 0 aliphatic carbocycles. The Hall–Kier alpha value is -2.42. The van der Waals surface area contributed by atoms with Crippen LogP contribution in [0.1, 0.15) is 32.2 Å². The van der Waals surface area contributed by atoms with Gasteiger partial charge in [0.25, 0.3) is 5.91 Å². The van der Waals surface area contributed by atoms with Crippen LogP contribution in [0.15, 0.2) is 52.6 Å². The zero-order valence-electron chi connectivity index (χ0n) is 16.4. The molecule has 4 rings (SSSR count). The van der Waals surface area contributed by atoms with Crippen LogP contribution in [-0.2, 0) is 13.1 Å². The molecule has 4 aromatic rings. The lowest BCUT2D eigenvalue weighted by atomic mass is 10.2. The van der Waals surface area contributed by atoms with Gasteiger partial charge in [-0.15, -0.1) is 11.3 Å². The molecule has 6 nitrogen and oxygen atoms in total. The van der Waals surface area contributed by atoms with Crippen molar-refractivity contribution in [1.82, 2.24) is 19.6 Å². The lowest BCUT2D eigenvalue weighted by Crippen LogP contribution is -2.12. The second kappa shape index (κ2) is 8.75. The third kappa shape index (κ3) is 4.66. The number of nitrogens with zero attached hydrogens (tertiary/aromatic N) is 4. The number of hydrogen-bond acceptors (Lipinski definition) is 4. The van der Waals surface area contributed by atoms with E-state index in [0.717, 1.165) is 32.7 Å². The molecule has 9 heteroatoms. The first-order chi connectivity index (χ1) is 14.4. The number of thiophene rings is 1. The molecule has 154 valence electrons. The van der Waals surface area contributed by atoms with Gasteiger partial charge in [0.05, 0.1) is 46.3 Å². The van der Waals surface area contributed by atoms with Crippen LogP contribution in [0, 0.1) is 13.8 Å². The Labute approximate surface area is 191 Å². The Kier molecular flexibility index (Phi) is 6.08. The molecule has 3 heterocycles. The quantitative estimate of drug-likeness (QED) is 0.376. The molecule has 0 saturated carbocycles. The summed E-state index contributed by atoms with van der Waals surface area (Å²) >= 11 is 10.8. The number of hydrogen-bond donors (Lipinski definition) is 1. The average Bonchev–Trinajstić information content (AvgIpc) is 3.41. The number of carbonyl (C=O) groups excluding carboxylic acids is 1. The normalized spacial score (nSPS) is 11.1. The Morgan fingerprint density at radius 3 is 2.67 bits per heavy atom. The smallest absolute Gasteiger partial charge is 0.265 e. The summed E-state index contributed by atoms with van der Waals surface area (Å²) in [6.07, 6.45) is 3.35. The van der Waals surface area contributed by atoms with Crippen molar-refractivity contribution in [3.63, 3.8) is 0 Å². The summed E-state index contributed by atoms with van der Waals surface area (Å²) in [7, 11) is 0. The van der Waals surface area contributed by atoms with E-state index in [1.807, 2.05) is 42.1 Å². The van der Waals surface area contributed by atoms with E-state index in [0.29, 0.717) is 23.0 Å². The highest BCUT2D eigenvalue weighted by Crippen LogP contribution is 2.24. The van der Waals surface area contributed by atoms with Crippen molar-refractivity contribution in [3.8, 4) is 0 Å². The van der Waals surface area contributed by atoms with E-state index in [9.17, 15) is 4.79 Å². The number of aromatic nitrogens is 4. The standard InChI is InChI=1S/C21H19BrClN5OS/c1-13-20(14(2)28(26-13)10-15-3-5-17(22)6-4-15)25-21(29)19-7-16(12-30-19)9-27-11-18(23)8-24-27/h3-8,11-12H,9-10H2,1-2H3,(H,25,29). The van der Waals surface area contributed by atoms with Gasteiger partial charge in [-0.3, -0.25) is 14.2 Å². The lowest BCUT2D eigenvalue weighted by molar-refractivity contribution is 0.103. The predicted octanol–water partition coefficient (Wildman–Crippen LogP) is 5.52. The van der Waals surface area contributed by atoms with Gasteiger partial charge in [0.2, 0.25) is 0 Å². The minimum Gasteiger partial charge on any atom is -0.318 e. The fraction of sp³-hybridized carbons (Fsp3) is 0.190. The van der Waals surface area contributed by atoms with Gasteiger partial charge in [0.1, 0.15) is 0 Å². The van der Waals surface area contributed by atoms with Gasteiger partial charge in [-0.05, 0) is 48.6 Å². The number of rotatable bonds is 6. The fourth-order valence-electron chi connectivity index (χ4n) is 3.16. The van der Waals surface area contributed by atoms with E-state index in [4.69, 9.17) is 11.6 Å². The van der Waals surface area contributed by atoms with Crippen molar-refractivity contribution in [2.24, 2.45) is 0 Å². The first-order valence-electron chi connectivity index (χ1n) is 9.24. The number of amides is 1. The summed E-state index contributed by atoms with van der Waals surface area (Å²) in [5.74, 6) is -0.140. The number of nitrogens with one attached hydrogen (secondary N) is 1. The van der Waals surface area contributed by atoms with E-state index >= 15 is 0 Å². The average molecular weight is 505 g/mol. The maximum atomic E-state index is 12.8. The van der Waals surface area contributed by atoms with Gasteiger partial charge in [-0.2, -0.15) is 10.2 Å². The summed E-state index contributed by atoms with van der Waals surface area (Å²) in [5.41, 5.74) is 4.62. The first-order valence-corrected chi connectivity index (χ1v) is 11.3. The molecule has 1 amide bonds. The molecular weight excluding hydrogens is 486 g/mol. The van der Waals surface area contributed by atoms with Gasteiger partial charge < -0.3 is 5.32 Å². The number of anilines is 1. The van der Waals surface area contributed by atoms with Gasteiger partial charge in [-0.25, -0.2) is 0 Å². The number of benzene rings is 1. The van der Waals surface area contributed by atoms with Crippen molar-refractivity contribution in [3.05, 3.63) is 85.0 Å². The number of aryl methyl sites for hydroxylation is 1. The summed E-state index contributed by atoms with van der Waals surface area (Å²) in [6, 6.07) is 10.0. The Bertz CT molecular complexity index is 1190. The second-order valence-corrected chi connectivity index (χ2v) is 9.22. The SMILES string of the molecule is Cc1nn(Cc2ccc(Br)cc2)c(C)c1NC(=O)c1cc(Cn2cc(Cl)cn2)cs1. The van der Waals surface area contributed by atoms with E-state index in [1.54, 1.807) is 17.1 Å². The Morgan fingerprint density at radius 2 is 1.97 bits per heavy atom. The molecule has 0 aliphatic rings. The van der Waals surface area contributed by atoms with Crippen LogP contribution >= 0.6 is 38.9 Å². The van der Waals surface area contributed by atoms with Crippen molar-refractivity contribution in [1.29, 1.82) is 0 Å². The van der Waals surface area contributed by atoms with Crippen LogP contribution in [0.2, 0.25) is 5.02 Å². The van der Waals surface area contributed by atoms with Crippen LogP contribution in [0.3, 0.4) is 0 Å².